The van der Waals surface area contributed by atoms with Gasteiger partial charge in [-0.25, -0.2) is 0 Å². The van der Waals surface area contributed by atoms with E-state index in [1.165, 1.54) is 20.1 Å². The molecule has 0 heterocycles. The van der Waals surface area contributed by atoms with E-state index in [0.717, 1.165) is 5.57 Å². The van der Waals surface area contributed by atoms with E-state index >= 15 is 0 Å². The van der Waals surface area contributed by atoms with Gasteiger partial charge in [0.15, 0.2) is 11.5 Å². The largest absolute Gasteiger partial charge is 0.507 e. The van der Waals surface area contributed by atoms with Crippen molar-refractivity contribution in [3.05, 3.63) is 58.4 Å². The Hall–Kier alpha value is -2.82. The van der Waals surface area contributed by atoms with Crippen LogP contribution in [0.15, 0.2) is 41.7 Å². The van der Waals surface area contributed by atoms with E-state index in [2.05, 4.69) is 12.7 Å². The monoisotopic (exact) mass is 370 g/mol. The minimum absolute atomic E-state index is 0.0584. The predicted octanol–water partition coefficient (Wildman–Crippen LogP) is 4.59. The fourth-order valence-corrected chi connectivity index (χ4v) is 3.45. The molecule has 0 saturated heterocycles. The van der Waals surface area contributed by atoms with Crippen LogP contribution in [0.4, 0.5) is 0 Å². The number of rotatable bonds is 6. The van der Waals surface area contributed by atoms with Crippen LogP contribution in [0.1, 0.15) is 66.8 Å². The maximum absolute atomic E-state index is 12.8. The SMILES string of the molecule is C=CC(C)(CCC=C(C)C)c1c(O)cc2c(c1O)C(=O)C(C)=C(OC)C2=O. The van der Waals surface area contributed by atoms with E-state index in [9.17, 15) is 19.8 Å². The van der Waals surface area contributed by atoms with Crippen LogP contribution in [-0.2, 0) is 10.2 Å². The molecule has 144 valence electrons. The molecule has 1 unspecified atom stereocenters. The Morgan fingerprint density at radius 1 is 1.26 bits per heavy atom. The molecule has 1 atom stereocenters. The molecular weight excluding hydrogens is 344 g/mol. The molecule has 1 aromatic carbocycles. The first-order valence-corrected chi connectivity index (χ1v) is 8.79. The Kier molecular flexibility index (Phi) is 5.64. The summed E-state index contributed by atoms with van der Waals surface area (Å²) in [5, 5.41) is 21.5. The van der Waals surface area contributed by atoms with Gasteiger partial charge in [-0.2, -0.15) is 0 Å². The van der Waals surface area contributed by atoms with Crippen LogP contribution in [-0.4, -0.2) is 28.9 Å². The first-order chi connectivity index (χ1) is 12.6. The summed E-state index contributed by atoms with van der Waals surface area (Å²) in [5.41, 5.74) is 0.560. The summed E-state index contributed by atoms with van der Waals surface area (Å²) >= 11 is 0. The lowest BCUT2D eigenvalue weighted by molar-refractivity contribution is 0.0903. The summed E-state index contributed by atoms with van der Waals surface area (Å²) in [4.78, 5) is 25.4. The molecule has 0 aromatic heterocycles. The molecule has 1 aromatic rings. The molecule has 0 bridgehead atoms. The highest BCUT2D eigenvalue weighted by Gasteiger charge is 2.39. The third-order valence-electron chi connectivity index (χ3n) is 5.08. The molecule has 0 amide bonds. The summed E-state index contributed by atoms with van der Waals surface area (Å²) in [6.07, 6.45) is 4.98. The molecular formula is C22H26O5. The first kappa shape index (κ1) is 20.5. The van der Waals surface area contributed by atoms with Crippen molar-refractivity contribution in [1.29, 1.82) is 0 Å². The van der Waals surface area contributed by atoms with Crippen molar-refractivity contribution in [2.75, 3.05) is 7.11 Å². The third-order valence-corrected chi connectivity index (χ3v) is 5.08. The molecule has 0 fully saturated rings. The Morgan fingerprint density at radius 3 is 2.41 bits per heavy atom. The van der Waals surface area contributed by atoms with Crippen molar-refractivity contribution in [2.45, 2.75) is 46.0 Å². The number of carbonyl (C=O) groups excluding carboxylic acids is 2. The number of methoxy groups -OCH3 is 1. The molecule has 0 saturated carbocycles. The molecule has 2 rings (SSSR count). The van der Waals surface area contributed by atoms with Crippen LogP contribution >= 0.6 is 0 Å². The van der Waals surface area contributed by atoms with Crippen LogP contribution < -0.4 is 0 Å². The van der Waals surface area contributed by atoms with Gasteiger partial charge in [0.25, 0.3) is 0 Å². The quantitative estimate of drug-likeness (QED) is 0.716. The van der Waals surface area contributed by atoms with Gasteiger partial charge < -0.3 is 14.9 Å². The Balaban J connectivity index is 2.68. The van der Waals surface area contributed by atoms with Crippen molar-refractivity contribution in [1.82, 2.24) is 0 Å². The Morgan fingerprint density at radius 2 is 1.89 bits per heavy atom. The van der Waals surface area contributed by atoms with Gasteiger partial charge in [0.1, 0.15) is 11.5 Å². The molecule has 5 nitrogen and oxygen atoms in total. The summed E-state index contributed by atoms with van der Waals surface area (Å²) in [5.74, 6) is -1.73. The third kappa shape index (κ3) is 3.42. The molecule has 27 heavy (non-hydrogen) atoms. The number of aromatic hydroxyl groups is 2. The van der Waals surface area contributed by atoms with Crippen molar-refractivity contribution in [2.24, 2.45) is 0 Å². The summed E-state index contributed by atoms with van der Waals surface area (Å²) in [7, 11) is 1.31. The highest BCUT2D eigenvalue weighted by molar-refractivity contribution is 6.27. The van der Waals surface area contributed by atoms with E-state index in [1.807, 2.05) is 20.8 Å². The second kappa shape index (κ2) is 7.43. The van der Waals surface area contributed by atoms with Crippen molar-refractivity contribution < 1.29 is 24.5 Å². The normalized spacial score (nSPS) is 15.9. The van der Waals surface area contributed by atoms with Crippen LogP contribution in [0.3, 0.4) is 0 Å². The number of allylic oxidation sites excluding steroid dienone is 5. The van der Waals surface area contributed by atoms with Crippen molar-refractivity contribution >= 4 is 11.6 Å². The van der Waals surface area contributed by atoms with E-state index in [0.29, 0.717) is 12.8 Å². The van der Waals surface area contributed by atoms with Crippen LogP contribution in [0.2, 0.25) is 0 Å². The minimum Gasteiger partial charge on any atom is -0.507 e. The standard InChI is InChI=1S/C22H26O5/c1-7-22(5,10-8-9-12(2)3)17-15(23)11-14-16(20(17)26)18(24)13(4)21(27-6)19(14)25/h7,9,11,23,26H,1,8,10H2,2-6H3. The minimum atomic E-state index is -0.780. The molecule has 2 N–H and O–H groups in total. The number of benzene rings is 1. The van der Waals surface area contributed by atoms with Gasteiger partial charge in [-0.1, -0.05) is 24.6 Å². The van der Waals surface area contributed by atoms with Crippen LogP contribution in [0, 0.1) is 0 Å². The highest BCUT2D eigenvalue weighted by atomic mass is 16.5. The zero-order valence-electron chi connectivity index (χ0n) is 16.5. The summed E-state index contributed by atoms with van der Waals surface area (Å²) in [6.45, 7) is 11.1. The van der Waals surface area contributed by atoms with Gasteiger partial charge >= 0.3 is 0 Å². The fourth-order valence-electron chi connectivity index (χ4n) is 3.45. The average Bonchev–Trinajstić information content (AvgIpc) is 2.59. The lowest BCUT2D eigenvalue weighted by Crippen LogP contribution is -2.25. The van der Waals surface area contributed by atoms with Gasteiger partial charge in [-0.05, 0) is 39.7 Å². The van der Waals surface area contributed by atoms with Gasteiger partial charge in [-0.15, -0.1) is 6.58 Å². The number of hydrogen-bond donors (Lipinski definition) is 2. The van der Waals surface area contributed by atoms with Gasteiger partial charge in [-0.3, -0.25) is 9.59 Å². The Bertz CT molecular complexity index is 884. The summed E-state index contributed by atoms with van der Waals surface area (Å²) in [6, 6.07) is 1.23. The van der Waals surface area contributed by atoms with E-state index in [-0.39, 0.29) is 39.5 Å². The molecule has 0 radical (unpaired) electrons. The lowest BCUT2D eigenvalue weighted by atomic mass is 9.74. The smallest absolute Gasteiger partial charge is 0.228 e. The van der Waals surface area contributed by atoms with Gasteiger partial charge in [0.2, 0.25) is 5.78 Å². The zero-order valence-corrected chi connectivity index (χ0v) is 16.5. The Labute approximate surface area is 159 Å². The van der Waals surface area contributed by atoms with Crippen LogP contribution in [0.25, 0.3) is 0 Å². The van der Waals surface area contributed by atoms with E-state index in [4.69, 9.17) is 4.74 Å². The molecule has 1 aliphatic carbocycles. The number of ketones is 2. The maximum Gasteiger partial charge on any atom is 0.228 e. The predicted molar refractivity (Wildman–Crippen MR) is 104 cm³/mol. The number of ether oxygens (including phenoxy) is 1. The van der Waals surface area contributed by atoms with Gasteiger partial charge in [0, 0.05) is 22.1 Å². The number of phenolic OH excluding ortho intramolecular Hbond substituents is 2. The average molecular weight is 370 g/mol. The molecule has 0 spiro atoms. The van der Waals surface area contributed by atoms with Crippen molar-refractivity contribution in [3.8, 4) is 11.5 Å². The number of hydrogen-bond acceptors (Lipinski definition) is 5. The second-order valence-corrected chi connectivity index (χ2v) is 7.30. The molecule has 0 aliphatic heterocycles. The number of fused-ring (bicyclic) bond motifs is 1. The lowest BCUT2D eigenvalue weighted by Gasteiger charge is -2.30. The second-order valence-electron chi connectivity index (χ2n) is 7.30. The fraction of sp³-hybridized carbons (Fsp3) is 0.364. The molecule has 5 heteroatoms. The van der Waals surface area contributed by atoms with E-state index < -0.39 is 17.0 Å². The topological polar surface area (TPSA) is 83.8 Å². The van der Waals surface area contributed by atoms with Crippen LogP contribution in [0.5, 0.6) is 11.5 Å². The summed E-state index contributed by atoms with van der Waals surface area (Å²) < 4.78 is 5.04. The van der Waals surface area contributed by atoms with Crippen molar-refractivity contribution in [3.63, 3.8) is 0 Å². The highest BCUT2D eigenvalue weighted by Crippen LogP contribution is 2.47. The first-order valence-electron chi connectivity index (χ1n) is 8.79. The zero-order chi connectivity index (χ0) is 20.5. The number of Topliss-reactive ketones (excluding diaryl/α,β-unsaturated/α-hetero) is 2. The van der Waals surface area contributed by atoms with Gasteiger partial charge in [0.05, 0.1) is 12.7 Å². The molecule has 1 aliphatic rings. The number of carbonyl (C=O) groups is 2. The van der Waals surface area contributed by atoms with E-state index in [1.54, 1.807) is 6.08 Å². The maximum atomic E-state index is 12.8. The number of phenols is 2.